The maximum Gasteiger partial charge on any atom is 0.345 e. The number of carboxylic acid groups (broad SMARTS) is 1. The second-order valence-electron chi connectivity index (χ2n) is 11.6. The molecule has 1 aliphatic carbocycles. The molecule has 0 amide bonds. The molecule has 3 aromatic rings. The summed E-state index contributed by atoms with van der Waals surface area (Å²) in [5.41, 5.74) is 6.52. The first-order valence-corrected chi connectivity index (χ1v) is 14.3. The van der Waals surface area contributed by atoms with Gasteiger partial charge in [0.25, 0.3) is 0 Å². The molecule has 6 nitrogen and oxygen atoms in total. The molecule has 2 aromatic heterocycles. The molecule has 7 heteroatoms. The zero-order valence-electron chi connectivity index (χ0n) is 22.3. The van der Waals surface area contributed by atoms with Crippen molar-refractivity contribution >= 4 is 33.2 Å². The van der Waals surface area contributed by atoms with E-state index >= 15 is 0 Å². The molecule has 194 valence electrons. The van der Waals surface area contributed by atoms with Gasteiger partial charge in [-0.05, 0) is 50.6 Å². The molecule has 1 aliphatic heterocycles. The topological polar surface area (TPSA) is 48.7 Å². The average molecular weight is 510 g/mol. The standard InChI is InChI=1S/C29H40N4O2S/c1-30(2)16-18-33(3,4)19-17-31-14-15-32-24-20-25(29(34)35)36-28(24)26(21-10-6-5-7-11-21)27(32)22-12-8-9-13-23(22)31/h8-9,12-13,20-21H,5-7,10-11,14-19H2,1-4H3/p+1. The summed E-state index contributed by atoms with van der Waals surface area (Å²) in [6, 6.07) is 10.8. The fraction of sp³-hybridized carbons (Fsp3) is 0.552. The van der Waals surface area contributed by atoms with Crippen molar-refractivity contribution in [3.05, 3.63) is 40.8 Å². The summed E-state index contributed by atoms with van der Waals surface area (Å²) in [5.74, 6) is -0.299. The number of benzene rings is 1. The van der Waals surface area contributed by atoms with Crippen LogP contribution in [0, 0.1) is 0 Å². The maximum absolute atomic E-state index is 11.9. The zero-order chi connectivity index (χ0) is 25.4. The molecule has 1 aromatic carbocycles. The SMILES string of the molecule is CN(C)CC[N+](C)(C)CCN1CCn2c(c(C3CCCCC3)c3sc(C(=O)O)cc32)-c2ccccc21. The Labute approximate surface area is 219 Å². The number of rotatable bonds is 8. The lowest BCUT2D eigenvalue weighted by Gasteiger charge is -2.34. The summed E-state index contributed by atoms with van der Waals surface area (Å²) in [5, 5.41) is 9.78. The van der Waals surface area contributed by atoms with Crippen LogP contribution in [0.3, 0.4) is 0 Å². The second kappa shape index (κ2) is 10.2. The molecule has 0 unspecified atom stereocenters. The van der Waals surface area contributed by atoms with Crippen LogP contribution in [0.5, 0.6) is 0 Å². The van der Waals surface area contributed by atoms with Crippen LogP contribution < -0.4 is 4.90 Å². The molecule has 3 heterocycles. The van der Waals surface area contributed by atoms with E-state index in [4.69, 9.17) is 0 Å². The van der Waals surface area contributed by atoms with Crippen LogP contribution >= 0.6 is 11.3 Å². The molecule has 2 aliphatic rings. The van der Waals surface area contributed by atoms with Gasteiger partial charge in [0.05, 0.1) is 49.6 Å². The van der Waals surface area contributed by atoms with E-state index in [1.54, 1.807) is 0 Å². The van der Waals surface area contributed by atoms with Crippen LogP contribution in [0.2, 0.25) is 0 Å². The molecule has 0 spiro atoms. The van der Waals surface area contributed by atoms with Crippen LogP contribution in [0.1, 0.15) is 53.3 Å². The van der Waals surface area contributed by atoms with Crippen molar-refractivity contribution in [2.24, 2.45) is 0 Å². The Hall–Kier alpha value is -2.35. The number of likely N-dealkylation sites (N-methyl/N-ethyl adjacent to an activating group) is 2. The van der Waals surface area contributed by atoms with Gasteiger partial charge in [0, 0.05) is 30.9 Å². The lowest BCUT2D eigenvalue weighted by atomic mass is 9.83. The number of anilines is 1. The third-order valence-electron chi connectivity index (χ3n) is 8.22. The number of quaternary nitrogens is 1. The quantitative estimate of drug-likeness (QED) is 0.403. The summed E-state index contributed by atoms with van der Waals surface area (Å²) in [4.78, 5) is 17.2. The number of aromatic nitrogens is 1. The van der Waals surface area contributed by atoms with Gasteiger partial charge in [0.2, 0.25) is 0 Å². The van der Waals surface area contributed by atoms with Crippen LogP contribution in [-0.4, -0.2) is 85.9 Å². The molecule has 1 saturated carbocycles. The predicted octanol–water partition coefficient (Wildman–Crippen LogP) is 5.57. The van der Waals surface area contributed by atoms with Gasteiger partial charge >= 0.3 is 5.97 Å². The lowest BCUT2D eigenvalue weighted by molar-refractivity contribution is -0.888. The summed E-state index contributed by atoms with van der Waals surface area (Å²) >= 11 is 1.48. The van der Waals surface area contributed by atoms with E-state index in [0.29, 0.717) is 10.8 Å². The number of nitrogens with zero attached hydrogens (tertiary/aromatic N) is 4. The minimum atomic E-state index is -0.812. The van der Waals surface area contributed by atoms with Crippen molar-refractivity contribution in [1.29, 1.82) is 0 Å². The van der Waals surface area contributed by atoms with Crippen molar-refractivity contribution in [3.63, 3.8) is 0 Å². The van der Waals surface area contributed by atoms with Crippen LogP contribution in [0.15, 0.2) is 30.3 Å². The number of carboxylic acids is 1. The van der Waals surface area contributed by atoms with E-state index in [2.05, 4.69) is 66.8 Å². The Morgan fingerprint density at radius 2 is 1.86 bits per heavy atom. The Morgan fingerprint density at radius 1 is 1.11 bits per heavy atom. The first-order valence-electron chi connectivity index (χ1n) is 13.5. The molecular formula is C29H41N4O2S+. The largest absolute Gasteiger partial charge is 0.477 e. The van der Waals surface area contributed by atoms with Gasteiger partial charge in [-0.3, -0.25) is 0 Å². The van der Waals surface area contributed by atoms with Gasteiger partial charge < -0.3 is 24.0 Å². The van der Waals surface area contributed by atoms with Crippen molar-refractivity contribution < 1.29 is 14.4 Å². The van der Waals surface area contributed by atoms with E-state index < -0.39 is 5.97 Å². The van der Waals surface area contributed by atoms with E-state index in [0.717, 1.165) is 49.3 Å². The Kier molecular flexibility index (Phi) is 7.16. The Bertz CT molecular complexity index is 1240. The third kappa shape index (κ3) is 4.93. The summed E-state index contributed by atoms with van der Waals surface area (Å²) in [6.07, 6.45) is 6.25. The highest BCUT2D eigenvalue weighted by Crippen LogP contribution is 2.49. The van der Waals surface area contributed by atoms with E-state index in [9.17, 15) is 9.90 Å². The maximum atomic E-state index is 11.9. The van der Waals surface area contributed by atoms with Gasteiger partial charge in [0.15, 0.2) is 0 Å². The van der Waals surface area contributed by atoms with Crippen LogP contribution in [0.25, 0.3) is 21.5 Å². The highest BCUT2D eigenvalue weighted by molar-refractivity contribution is 7.21. The first kappa shape index (κ1) is 25.3. The molecule has 5 rings (SSSR count). The van der Waals surface area contributed by atoms with Gasteiger partial charge in [-0.25, -0.2) is 4.79 Å². The van der Waals surface area contributed by atoms with Crippen LogP contribution in [0.4, 0.5) is 5.69 Å². The van der Waals surface area contributed by atoms with E-state index in [1.807, 2.05) is 6.07 Å². The second-order valence-corrected chi connectivity index (χ2v) is 12.6. The highest BCUT2D eigenvalue weighted by atomic mass is 32.1. The van der Waals surface area contributed by atoms with Gasteiger partial charge in [-0.1, -0.05) is 37.5 Å². The fourth-order valence-electron chi connectivity index (χ4n) is 6.04. The fourth-order valence-corrected chi connectivity index (χ4v) is 7.17. The molecule has 0 saturated heterocycles. The Morgan fingerprint density at radius 3 is 2.58 bits per heavy atom. The van der Waals surface area contributed by atoms with Gasteiger partial charge in [-0.15, -0.1) is 11.3 Å². The molecular weight excluding hydrogens is 468 g/mol. The molecule has 0 radical (unpaired) electrons. The molecule has 0 bridgehead atoms. The monoisotopic (exact) mass is 509 g/mol. The summed E-state index contributed by atoms with van der Waals surface area (Å²) < 4.78 is 4.65. The normalized spacial score (nSPS) is 16.9. The third-order valence-corrected chi connectivity index (χ3v) is 9.36. The van der Waals surface area contributed by atoms with Gasteiger partial charge in [0.1, 0.15) is 4.88 Å². The van der Waals surface area contributed by atoms with Crippen molar-refractivity contribution in [3.8, 4) is 11.3 Å². The summed E-state index contributed by atoms with van der Waals surface area (Å²) in [7, 11) is 8.95. The number of thiophene rings is 1. The number of hydrogen-bond donors (Lipinski definition) is 1. The molecule has 1 N–H and O–H groups in total. The zero-order valence-corrected chi connectivity index (χ0v) is 23.1. The Balaban J connectivity index is 1.55. The van der Waals surface area contributed by atoms with Gasteiger partial charge in [-0.2, -0.15) is 0 Å². The molecule has 36 heavy (non-hydrogen) atoms. The lowest BCUT2D eigenvalue weighted by Crippen LogP contribution is -2.48. The molecule has 1 fully saturated rings. The van der Waals surface area contributed by atoms with Crippen molar-refractivity contribution in [1.82, 2.24) is 9.47 Å². The minimum absolute atomic E-state index is 0.460. The minimum Gasteiger partial charge on any atom is -0.477 e. The highest BCUT2D eigenvalue weighted by Gasteiger charge is 2.32. The van der Waals surface area contributed by atoms with E-state index in [1.165, 1.54) is 70.6 Å². The first-order chi connectivity index (χ1) is 17.2. The number of para-hydroxylation sites is 1. The number of fused-ring (bicyclic) bond motifs is 5. The summed E-state index contributed by atoms with van der Waals surface area (Å²) in [6.45, 7) is 6.12. The average Bonchev–Trinajstić information content (AvgIpc) is 3.36. The number of hydrogen-bond acceptors (Lipinski definition) is 4. The van der Waals surface area contributed by atoms with Crippen molar-refractivity contribution in [2.75, 3.05) is 65.8 Å². The van der Waals surface area contributed by atoms with E-state index in [-0.39, 0.29) is 0 Å². The molecule has 0 atom stereocenters. The van der Waals surface area contributed by atoms with Crippen LogP contribution in [-0.2, 0) is 6.54 Å². The predicted molar refractivity (Wildman–Crippen MR) is 151 cm³/mol. The number of aromatic carboxylic acids is 1. The van der Waals surface area contributed by atoms with Crippen molar-refractivity contribution in [2.45, 2.75) is 44.6 Å². The smallest absolute Gasteiger partial charge is 0.345 e. The number of carbonyl (C=O) groups is 1.